The predicted octanol–water partition coefficient (Wildman–Crippen LogP) is 4.24. The van der Waals surface area contributed by atoms with Crippen molar-refractivity contribution in [1.82, 2.24) is 0 Å². The van der Waals surface area contributed by atoms with Gasteiger partial charge in [0.05, 0.1) is 6.61 Å². The molecule has 2 aromatic carbocycles. The molecule has 136 valence electrons. The molecule has 1 aliphatic carbocycles. The number of hydrogen-bond acceptors (Lipinski definition) is 2. The van der Waals surface area contributed by atoms with Gasteiger partial charge in [0.25, 0.3) is 8.32 Å². The molecule has 3 rings (SSSR count). The summed E-state index contributed by atoms with van der Waals surface area (Å²) >= 11 is 0. The molecule has 0 radical (unpaired) electrons. The topological polar surface area (TPSA) is 26.3 Å². The minimum atomic E-state index is -2.56. The van der Waals surface area contributed by atoms with Crippen LogP contribution in [-0.4, -0.2) is 20.7 Å². The van der Waals surface area contributed by atoms with Crippen molar-refractivity contribution in [3.63, 3.8) is 0 Å². The van der Waals surface area contributed by atoms with Gasteiger partial charge in [-0.2, -0.15) is 0 Å². The van der Waals surface area contributed by atoms with Crippen molar-refractivity contribution in [3.8, 4) is 0 Å². The van der Waals surface area contributed by atoms with Crippen molar-refractivity contribution in [2.75, 3.05) is 6.61 Å². The Kier molecular flexibility index (Phi) is 5.59. The van der Waals surface area contributed by atoms with Crippen LogP contribution in [0.4, 0.5) is 0 Å². The molecule has 0 heterocycles. The number of allylic oxidation sites excluding steroid dienone is 1. The van der Waals surface area contributed by atoms with Gasteiger partial charge in [0.2, 0.25) is 0 Å². The molecule has 0 saturated carbocycles. The second kappa shape index (κ2) is 7.73. The molecule has 0 aliphatic heterocycles. The molecule has 0 bridgehead atoms. The van der Waals surface area contributed by atoms with Crippen LogP contribution < -0.4 is 10.4 Å². The highest BCUT2D eigenvalue weighted by Crippen LogP contribution is 2.37. The molecule has 2 nitrogen and oxygen atoms in total. The van der Waals surface area contributed by atoms with Crippen LogP contribution in [0.2, 0.25) is 5.04 Å². The largest absolute Gasteiger partial charge is 0.403 e. The summed E-state index contributed by atoms with van der Waals surface area (Å²) in [6.07, 6.45) is 4.66. The molecule has 3 heteroatoms. The lowest BCUT2D eigenvalue weighted by atomic mass is 9.99. The molecule has 0 atom stereocenters. The van der Waals surface area contributed by atoms with Gasteiger partial charge in [0.15, 0.2) is 5.78 Å². The van der Waals surface area contributed by atoms with E-state index in [1.165, 1.54) is 10.4 Å². The first kappa shape index (κ1) is 18.8. The zero-order chi connectivity index (χ0) is 18.6. The van der Waals surface area contributed by atoms with E-state index < -0.39 is 8.32 Å². The summed E-state index contributed by atoms with van der Waals surface area (Å²) < 4.78 is 6.83. The summed E-state index contributed by atoms with van der Waals surface area (Å²) in [5, 5.41) is 2.44. The Morgan fingerprint density at radius 3 is 1.92 bits per heavy atom. The van der Waals surface area contributed by atoms with Crippen molar-refractivity contribution in [3.05, 3.63) is 72.3 Å². The van der Waals surface area contributed by atoms with Crippen molar-refractivity contribution < 1.29 is 9.22 Å². The van der Waals surface area contributed by atoms with E-state index in [9.17, 15) is 4.79 Å². The Hall–Kier alpha value is -1.97. The maximum atomic E-state index is 12.3. The summed E-state index contributed by atoms with van der Waals surface area (Å²) in [5.41, 5.74) is 0.851. The molecule has 0 spiro atoms. The van der Waals surface area contributed by atoms with Crippen molar-refractivity contribution in [1.29, 1.82) is 0 Å². The molecule has 0 N–H and O–H groups in total. The second-order valence-corrected chi connectivity index (χ2v) is 12.3. The van der Waals surface area contributed by atoms with Crippen molar-refractivity contribution in [2.45, 2.75) is 45.1 Å². The normalized spacial score (nSPS) is 15.7. The highest BCUT2D eigenvalue weighted by Gasteiger charge is 2.50. The fourth-order valence-electron chi connectivity index (χ4n) is 3.90. The molecule has 0 aromatic heterocycles. The van der Waals surface area contributed by atoms with Gasteiger partial charge < -0.3 is 4.43 Å². The third kappa shape index (κ3) is 3.60. The van der Waals surface area contributed by atoms with Crippen LogP contribution in [0, 0.1) is 0 Å². The predicted molar refractivity (Wildman–Crippen MR) is 111 cm³/mol. The molecule has 1 aliphatic rings. The van der Waals surface area contributed by atoms with E-state index in [4.69, 9.17) is 4.43 Å². The highest BCUT2D eigenvalue weighted by atomic mass is 28.4. The minimum Gasteiger partial charge on any atom is -0.403 e. The summed E-state index contributed by atoms with van der Waals surface area (Å²) in [4.78, 5) is 12.3. The highest BCUT2D eigenvalue weighted by molar-refractivity contribution is 6.99. The van der Waals surface area contributed by atoms with Gasteiger partial charge in [0.1, 0.15) is 0 Å². The van der Waals surface area contributed by atoms with Crippen molar-refractivity contribution >= 4 is 24.5 Å². The second-order valence-electron chi connectivity index (χ2n) is 8.00. The SMILES string of the molecule is CC(C)(C)[Si](OCC1=CCCCC1=O)(c1ccccc1)c1ccccc1. The summed E-state index contributed by atoms with van der Waals surface area (Å²) in [7, 11) is -2.56. The Labute approximate surface area is 158 Å². The first-order chi connectivity index (χ1) is 12.4. The van der Waals surface area contributed by atoms with Crippen LogP contribution in [-0.2, 0) is 9.22 Å². The molecule has 0 unspecified atom stereocenters. The summed E-state index contributed by atoms with van der Waals surface area (Å²) in [6, 6.07) is 21.2. The Morgan fingerprint density at radius 1 is 0.923 bits per heavy atom. The molecular weight excluding hydrogens is 336 g/mol. The van der Waals surface area contributed by atoms with E-state index in [0.29, 0.717) is 13.0 Å². The number of carbonyl (C=O) groups is 1. The molecule has 2 aromatic rings. The average molecular weight is 365 g/mol. The Bertz CT molecular complexity index is 733. The fraction of sp³-hybridized carbons (Fsp3) is 0.348. The number of rotatable bonds is 5. The number of carbonyl (C=O) groups excluding carboxylic acids is 1. The fourth-order valence-corrected chi connectivity index (χ4v) is 8.43. The third-order valence-electron chi connectivity index (χ3n) is 5.22. The van der Waals surface area contributed by atoms with E-state index in [2.05, 4.69) is 75.4 Å². The van der Waals surface area contributed by atoms with Crippen LogP contribution in [0.5, 0.6) is 0 Å². The van der Waals surface area contributed by atoms with Crippen LogP contribution in [0.1, 0.15) is 40.0 Å². The monoisotopic (exact) mass is 364 g/mol. The number of hydrogen-bond donors (Lipinski definition) is 0. The lowest BCUT2D eigenvalue weighted by Gasteiger charge is -2.43. The van der Waals surface area contributed by atoms with Gasteiger partial charge in [-0.1, -0.05) is 87.5 Å². The maximum Gasteiger partial charge on any atom is 0.261 e. The van der Waals surface area contributed by atoms with E-state index in [1.54, 1.807) is 0 Å². The smallest absolute Gasteiger partial charge is 0.261 e. The molecule has 0 saturated heterocycles. The molecule has 26 heavy (non-hydrogen) atoms. The molecule has 0 fully saturated rings. The molecular formula is C23H28O2Si. The van der Waals surface area contributed by atoms with E-state index >= 15 is 0 Å². The van der Waals surface area contributed by atoms with Gasteiger partial charge in [0, 0.05) is 12.0 Å². The number of ketones is 1. The van der Waals surface area contributed by atoms with Crippen LogP contribution in [0.15, 0.2) is 72.3 Å². The zero-order valence-corrected chi connectivity index (χ0v) is 17.0. The van der Waals surface area contributed by atoms with Gasteiger partial charge in [-0.05, 0) is 28.3 Å². The van der Waals surface area contributed by atoms with Gasteiger partial charge in [-0.15, -0.1) is 0 Å². The summed E-state index contributed by atoms with van der Waals surface area (Å²) in [6.45, 7) is 7.19. The van der Waals surface area contributed by atoms with Crippen molar-refractivity contribution in [2.24, 2.45) is 0 Å². The van der Waals surface area contributed by atoms with E-state index in [-0.39, 0.29) is 10.8 Å². The number of Topliss-reactive ketones (excluding diaryl/α,β-unsaturated/α-hetero) is 1. The van der Waals surface area contributed by atoms with Gasteiger partial charge in [-0.3, -0.25) is 4.79 Å². The third-order valence-corrected chi connectivity index (χ3v) is 10.2. The van der Waals surface area contributed by atoms with Gasteiger partial charge >= 0.3 is 0 Å². The quantitative estimate of drug-likeness (QED) is 0.742. The van der Waals surface area contributed by atoms with Crippen LogP contribution >= 0.6 is 0 Å². The minimum absolute atomic E-state index is 0.0615. The van der Waals surface area contributed by atoms with E-state index in [0.717, 1.165) is 18.4 Å². The lowest BCUT2D eigenvalue weighted by molar-refractivity contribution is -0.116. The Morgan fingerprint density at radius 2 is 1.46 bits per heavy atom. The van der Waals surface area contributed by atoms with Crippen LogP contribution in [0.3, 0.4) is 0 Å². The molecule has 0 amide bonds. The number of benzene rings is 2. The first-order valence-corrected chi connectivity index (χ1v) is 11.3. The first-order valence-electron chi connectivity index (χ1n) is 9.42. The standard InChI is InChI=1S/C23H28O2Si/c1-23(2,3)26(20-13-6-4-7-14-20,21-15-8-5-9-16-21)25-18-19-12-10-11-17-22(19)24/h4-9,12-16H,10-11,17-18H2,1-3H3. The lowest BCUT2D eigenvalue weighted by Crippen LogP contribution is -2.66. The zero-order valence-electron chi connectivity index (χ0n) is 16.0. The van der Waals surface area contributed by atoms with Crippen LogP contribution in [0.25, 0.3) is 0 Å². The maximum absolute atomic E-state index is 12.3. The summed E-state index contributed by atoms with van der Waals surface area (Å²) in [5.74, 6) is 0.245. The Balaban J connectivity index is 2.08. The van der Waals surface area contributed by atoms with E-state index in [1.807, 2.05) is 12.1 Å². The van der Waals surface area contributed by atoms with Gasteiger partial charge in [-0.25, -0.2) is 0 Å². The average Bonchev–Trinajstić information content (AvgIpc) is 2.64.